The van der Waals surface area contributed by atoms with Gasteiger partial charge in [0.1, 0.15) is 0 Å². The van der Waals surface area contributed by atoms with Gasteiger partial charge in [0.15, 0.2) is 5.78 Å². The third-order valence-electron chi connectivity index (χ3n) is 3.15. The first-order chi connectivity index (χ1) is 9.47. The smallest absolute Gasteiger partial charge is 0.255 e. The highest BCUT2D eigenvalue weighted by Gasteiger charge is 2.10. The van der Waals surface area contributed by atoms with Crippen LogP contribution in [0.2, 0.25) is 0 Å². The molecule has 102 valence electrons. The van der Waals surface area contributed by atoms with Gasteiger partial charge in [0.05, 0.1) is 0 Å². The Hall–Kier alpha value is -2.42. The van der Waals surface area contributed by atoms with E-state index in [1.165, 1.54) is 6.92 Å². The van der Waals surface area contributed by atoms with Gasteiger partial charge >= 0.3 is 0 Å². The number of ketones is 1. The van der Waals surface area contributed by atoms with Gasteiger partial charge in [-0.15, -0.1) is 0 Å². The van der Waals surface area contributed by atoms with Gasteiger partial charge in [-0.25, -0.2) is 0 Å². The molecule has 0 saturated carbocycles. The topological polar surface area (TPSA) is 46.2 Å². The second-order valence-electron chi connectivity index (χ2n) is 4.91. The van der Waals surface area contributed by atoms with E-state index in [9.17, 15) is 9.59 Å². The molecule has 20 heavy (non-hydrogen) atoms. The molecule has 0 saturated heterocycles. The summed E-state index contributed by atoms with van der Waals surface area (Å²) in [5.41, 5.74) is 3.91. The fourth-order valence-electron chi connectivity index (χ4n) is 2.08. The molecule has 0 radical (unpaired) electrons. The van der Waals surface area contributed by atoms with Crippen molar-refractivity contribution in [2.45, 2.75) is 20.8 Å². The maximum absolute atomic E-state index is 12.2. The van der Waals surface area contributed by atoms with Crippen LogP contribution in [0.5, 0.6) is 0 Å². The number of anilines is 1. The summed E-state index contributed by atoms with van der Waals surface area (Å²) in [5.74, 6) is -0.184. The largest absolute Gasteiger partial charge is 0.322 e. The van der Waals surface area contributed by atoms with Crippen LogP contribution in [0.25, 0.3) is 0 Å². The Morgan fingerprint density at radius 2 is 1.75 bits per heavy atom. The molecule has 0 fully saturated rings. The van der Waals surface area contributed by atoms with Crippen LogP contribution in [-0.2, 0) is 0 Å². The minimum absolute atomic E-state index is 0.0207. The summed E-state index contributed by atoms with van der Waals surface area (Å²) in [6.07, 6.45) is 0. The Labute approximate surface area is 118 Å². The number of Topliss-reactive ketones (excluding diaryl/α,β-unsaturated/α-hetero) is 1. The Balaban J connectivity index is 2.23. The van der Waals surface area contributed by atoms with Crippen LogP contribution in [0, 0.1) is 13.8 Å². The monoisotopic (exact) mass is 267 g/mol. The van der Waals surface area contributed by atoms with Crippen molar-refractivity contribution in [3.63, 3.8) is 0 Å². The number of benzene rings is 2. The number of carbonyl (C=O) groups is 2. The molecule has 2 aromatic carbocycles. The van der Waals surface area contributed by atoms with Crippen LogP contribution in [0.4, 0.5) is 5.69 Å². The van der Waals surface area contributed by atoms with E-state index in [1.807, 2.05) is 32.0 Å². The number of carbonyl (C=O) groups excluding carboxylic acids is 2. The minimum atomic E-state index is -0.164. The molecule has 0 aromatic heterocycles. The van der Waals surface area contributed by atoms with Gasteiger partial charge < -0.3 is 5.32 Å². The van der Waals surface area contributed by atoms with E-state index in [4.69, 9.17) is 0 Å². The van der Waals surface area contributed by atoms with Crippen molar-refractivity contribution in [1.29, 1.82) is 0 Å². The summed E-state index contributed by atoms with van der Waals surface area (Å²) in [6, 6.07) is 12.6. The summed E-state index contributed by atoms with van der Waals surface area (Å²) in [6.45, 7) is 5.41. The first-order valence-electron chi connectivity index (χ1n) is 6.47. The molecule has 0 aliphatic rings. The molecule has 2 rings (SSSR count). The Morgan fingerprint density at radius 1 is 1.00 bits per heavy atom. The van der Waals surface area contributed by atoms with E-state index in [1.54, 1.807) is 24.3 Å². The van der Waals surface area contributed by atoms with E-state index < -0.39 is 0 Å². The van der Waals surface area contributed by atoms with E-state index in [-0.39, 0.29) is 11.7 Å². The zero-order valence-corrected chi connectivity index (χ0v) is 11.9. The third kappa shape index (κ3) is 3.12. The van der Waals surface area contributed by atoms with Crippen molar-refractivity contribution < 1.29 is 9.59 Å². The summed E-state index contributed by atoms with van der Waals surface area (Å²) in [5, 5.41) is 2.82. The molecule has 0 aliphatic carbocycles. The van der Waals surface area contributed by atoms with Gasteiger partial charge in [-0.05, 0) is 44.5 Å². The highest BCUT2D eigenvalue weighted by molar-refractivity contribution is 6.06. The molecule has 0 atom stereocenters. The molecule has 0 aliphatic heterocycles. The molecule has 1 amide bonds. The van der Waals surface area contributed by atoms with E-state index in [0.717, 1.165) is 11.1 Å². The van der Waals surface area contributed by atoms with Gasteiger partial charge in [0.25, 0.3) is 5.91 Å². The van der Waals surface area contributed by atoms with Crippen LogP contribution in [0.15, 0.2) is 42.5 Å². The maximum atomic E-state index is 12.2. The third-order valence-corrected chi connectivity index (χ3v) is 3.15. The van der Waals surface area contributed by atoms with Crippen molar-refractivity contribution in [3.05, 3.63) is 64.7 Å². The first-order valence-corrected chi connectivity index (χ1v) is 6.47. The van der Waals surface area contributed by atoms with Gasteiger partial charge in [0.2, 0.25) is 0 Å². The molecular formula is C17H17NO2. The Kier molecular flexibility index (Phi) is 3.99. The van der Waals surface area contributed by atoms with Crippen LogP contribution in [0.3, 0.4) is 0 Å². The summed E-state index contributed by atoms with van der Waals surface area (Å²) < 4.78 is 0. The Bertz CT molecular complexity index is 674. The predicted molar refractivity (Wildman–Crippen MR) is 80.3 cm³/mol. The SMILES string of the molecule is CC(=O)c1cccc(NC(=O)c2ccc(C)cc2C)c1. The fourth-order valence-corrected chi connectivity index (χ4v) is 2.08. The minimum Gasteiger partial charge on any atom is -0.322 e. The van der Waals surface area contributed by atoms with E-state index >= 15 is 0 Å². The molecule has 0 spiro atoms. The number of nitrogens with one attached hydrogen (secondary N) is 1. The molecule has 0 bridgehead atoms. The van der Waals surface area contributed by atoms with Crippen LogP contribution < -0.4 is 5.32 Å². The summed E-state index contributed by atoms with van der Waals surface area (Å²) >= 11 is 0. The zero-order chi connectivity index (χ0) is 14.7. The number of hydrogen-bond acceptors (Lipinski definition) is 2. The molecular weight excluding hydrogens is 250 g/mol. The van der Waals surface area contributed by atoms with E-state index in [2.05, 4.69) is 5.32 Å². The van der Waals surface area contributed by atoms with Crippen LogP contribution in [0.1, 0.15) is 38.8 Å². The van der Waals surface area contributed by atoms with Crippen molar-refractivity contribution in [2.75, 3.05) is 5.32 Å². The van der Waals surface area contributed by atoms with Gasteiger partial charge in [-0.2, -0.15) is 0 Å². The van der Waals surface area contributed by atoms with Crippen molar-refractivity contribution in [1.82, 2.24) is 0 Å². The fraction of sp³-hybridized carbons (Fsp3) is 0.176. The van der Waals surface area contributed by atoms with Crippen molar-refractivity contribution in [3.8, 4) is 0 Å². The highest BCUT2D eigenvalue weighted by Crippen LogP contribution is 2.15. The second-order valence-corrected chi connectivity index (χ2v) is 4.91. The quantitative estimate of drug-likeness (QED) is 0.861. The molecule has 3 heteroatoms. The maximum Gasteiger partial charge on any atom is 0.255 e. The van der Waals surface area contributed by atoms with Crippen LogP contribution >= 0.6 is 0 Å². The van der Waals surface area contributed by atoms with Gasteiger partial charge in [0, 0.05) is 16.8 Å². The summed E-state index contributed by atoms with van der Waals surface area (Å²) in [7, 11) is 0. The zero-order valence-electron chi connectivity index (χ0n) is 11.9. The number of rotatable bonds is 3. The lowest BCUT2D eigenvalue weighted by atomic mass is 10.0. The van der Waals surface area contributed by atoms with Gasteiger partial charge in [-0.1, -0.05) is 29.8 Å². The van der Waals surface area contributed by atoms with Crippen LogP contribution in [-0.4, -0.2) is 11.7 Å². The second kappa shape index (κ2) is 5.70. The van der Waals surface area contributed by atoms with E-state index in [0.29, 0.717) is 16.8 Å². The number of amides is 1. The molecule has 3 nitrogen and oxygen atoms in total. The summed E-state index contributed by atoms with van der Waals surface area (Å²) in [4.78, 5) is 23.6. The van der Waals surface area contributed by atoms with Crippen molar-refractivity contribution in [2.24, 2.45) is 0 Å². The predicted octanol–water partition coefficient (Wildman–Crippen LogP) is 3.76. The average Bonchev–Trinajstić information content (AvgIpc) is 2.38. The van der Waals surface area contributed by atoms with Crippen molar-refractivity contribution >= 4 is 17.4 Å². The molecule has 2 aromatic rings. The lowest BCUT2D eigenvalue weighted by molar-refractivity contribution is 0.101. The number of hydrogen-bond donors (Lipinski definition) is 1. The normalized spacial score (nSPS) is 10.2. The first kappa shape index (κ1) is 14.0. The lowest BCUT2D eigenvalue weighted by Crippen LogP contribution is -2.13. The highest BCUT2D eigenvalue weighted by atomic mass is 16.1. The Morgan fingerprint density at radius 3 is 2.40 bits per heavy atom. The molecule has 0 unspecified atom stereocenters. The number of aryl methyl sites for hydroxylation is 2. The van der Waals surface area contributed by atoms with Gasteiger partial charge in [-0.3, -0.25) is 9.59 Å². The average molecular weight is 267 g/mol. The molecule has 0 heterocycles. The standard InChI is InChI=1S/C17H17NO2/c1-11-7-8-16(12(2)9-11)17(20)18-15-6-4-5-14(10-15)13(3)19/h4-10H,1-3H3,(H,18,20). The molecule has 1 N–H and O–H groups in total. The lowest BCUT2D eigenvalue weighted by Gasteiger charge is -2.09.